The van der Waals surface area contributed by atoms with E-state index in [9.17, 15) is 9.59 Å². The smallest absolute Gasteiger partial charge is 0.142 e. The Morgan fingerprint density at radius 2 is 1.00 bits per heavy atom. The number of hydrogen-bond donors (Lipinski definition) is 0. The van der Waals surface area contributed by atoms with Crippen LogP contribution in [0, 0.1) is 10.8 Å². The molecule has 0 aliphatic rings. The second-order valence-electron chi connectivity index (χ2n) is 9.83. The van der Waals surface area contributed by atoms with Crippen LogP contribution in [0.25, 0.3) is 21.5 Å². The van der Waals surface area contributed by atoms with Crippen molar-refractivity contribution in [2.24, 2.45) is 10.8 Å². The van der Waals surface area contributed by atoms with Gasteiger partial charge in [-0.1, -0.05) is 77.9 Å². The highest BCUT2D eigenvalue weighted by Gasteiger charge is 2.23. The van der Waals surface area contributed by atoms with E-state index in [4.69, 9.17) is 0 Å². The minimum absolute atomic E-state index is 0.240. The molecule has 0 fully saturated rings. The van der Waals surface area contributed by atoms with Gasteiger partial charge in [0.2, 0.25) is 0 Å². The molecule has 2 heteroatoms. The molecule has 0 radical (unpaired) electrons. The SMILES string of the molecule is CC(C)(C)C(=O)Cc1cccc2cc3c(CC(=O)C(C)(C)C)cccc3cc12. The zero-order chi connectivity index (χ0) is 20.7. The summed E-state index contributed by atoms with van der Waals surface area (Å²) >= 11 is 0. The minimum atomic E-state index is -0.348. The van der Waals surface area contributed by atoms with Crippen molar-refractivity contribution in [1.29, 1.82) is 0 Å². The Morgan fingerprint density at radius 1 is 0.643 bits per heavy atom. The van der Waals surface area contributed by atoms with Gasteiger partial charge in [0.1, 0.15) is 11.6 Å². The van der Waals surface area contributed by atoms with Crippen molar-refractivity contribution < 1.29 is 9.59 Å². The van der Waals surface area contributed by atoms with Gasteiger partial charge in [0.05, 0.1) is 0 Å². The molecule has 0 aliphatic carbocycles. The number of carbonyl (C=O) groups is 2. The van der Waals surface area contributed by atoms with Gasteiger partial charge in [-0.25, -0.2) is 0 Å². The monoisotopic (exact) mass is 374 g/mol. The van der Waals surface area contributed by atoms with Crippen LogP contribution in [0.1, 0.15) is 52.7 Å². The summed E-state index contributed by atoms with van der Waals surface area (Å²) in [6.45, 7) is 11.8. The van der Waals surface area contributed by atoms with Gasteiger partial charge in [0.25, 0.3) is 0 Å². The highest BCUT2D eigenvalue weighted by Crippen LogP contribution is 2.30. The molecule has 0 heterocycles. The summed E-state index contributed by atoms with van der Waals surface area (Å²) in [7, 11) is 0. The van der Waals surface area contributed by atoms with Crippen molar-refractivity contribution in [2.75, 3.05) is 0 Å². The van der Waals surface area contributed by atoms with Gasteiger partial charge < -0.3 is 0 Å². The topological polar surface area (TPSA) is 34.1 Å². The fourth-order valence-electron chi connectivity index (χ4n) is 3.37. The maximum absolute atomic E-state index is 12.6. The highest BCUT2D eigenvalue weighted by atomic mass is 16.1. The van der Waals surface area contributed by atoms with Gasteiger partial charge in [0, 0.05) is 23.7 Å². The molecular weight excluding hydrogens is 344 g/mol. The van der Waals surface area contributed by atoms with E-state index in [0.717, 1.165) is 32.7 Å². The van der Waals surface area contributed by atoms with E-state index in [0.29, 0.717) is 12.8 Å². The van der Waals surface area contributed by atoms with E-state index < -0.39 is 0 Å². The summed E-state index contributed by atoms with van der Waals surface area (Å²) in [5.74, 6) is 0.481. The maximum atomic E-state index is 12.6. The first-order valence-electron chi connectivity index (χ1n) is 9.97. The quantitative estimate of drug-likeness (QED) is 0.502. The Balaban J connectivity index is 2.10. The van der Waals surface area contributed by atoms with Crippen LogP contribution in [-0.2, 0) is 22.4 Å². The van der Waals surface area contributed by atoms with Crippen molar-refractivity contribution in [2.45, 2.75) is 54.4 Å². The van der Waals surface area contributed by atoms with Crippen molar-refractivity contribution in [3.05, 3.63) is 59.7 Å². The second kappa shape index (κ2) is 7.16. The first-order valence-corrected chi connectivity index (χ1v) is 9.97. The van der Waals surface area contributed by atoms with Gasteiger partial charge in [-0.3, -0.25) is 9.59 Å². The molecule has 2 nitrogen and oxygen atoms in total. The number of ketones is 2. The zero-order valence-corrected chi connectivity index (χ0v) is 17.8. The van der Waals surface area contributed by atoms with Gasteiger partial charge in [-0.05, 0) is 44.8 Å². The van der Waals surface area contributed by atoms with Gasteiger partial charge >= 0.3 is 0 Å². The van der Waals surface area contributed by atoms with Crippen molar-refractivity contribution in [3.63, 3.8) is 0 Å². The second-order valence-corrected chi connectivity index (χ2v) is 9.83. The molecule has 3 aromatic rings. The molecule has 0 atom stereocenters. The van der Waals surface area contributed by atoms with E-state index >= 15 is 0 Å². The Kier molecular flexibility index (Phi) is 5.18. The first-order chi connectivity index (χ1) is 13.0. The molecule has 0 amide bonds. The van der Waals surface area contributed by atoms with Crippen LogP contribution < -0.4 is 0 Å². The summed E-state index contributed by atoms with van der Waals surface area (Å²) in [5.41, 5.74) is 1.44. The lowest BCUT2D eigenvalue weighted by Gasteiger charge is -2.18. The Labute approximate surface area is 167 Å². The predicted octanol–water partition coefficient (Wildman–Crippen LogP) is 6.31. The fraction of sp³-hybridized carbons (Fsp3) is 0.385. The van der Waals surface area contributed by atoms with E-state index in [1.54, 1.807) is 0 Å². The van der Waals surface area contributed by atoms with Crippen molar-refractivity contribution >= 4 is 33.1 Å². The molecule has 0 spiro atoms. The molecule has 0 saturated carbocycles. The average Bonchev–Trinajstić information content (AvgIpc) is 2.59. The van der Waals surface area contributed by atoms with E-state index in [2.05, 4.69) is 24.3 Å². The molecule has 0 unspecified atom stereocenters. The van der Waals surface area contributed by atoms with Crippen LogP contribution >= 0.6 is 0 Å². The summed E-state index contributed by atoms with van der Waals surface area (Å²) in [6, 6.07) is 16.6. The molecule has 0 N–H and O–H groups in total. The lowest BCUT2D eigenvalue weighted by Crippen LogP contribution is -2.22. The maximum Gasteiger partial charge on any atom is 0.142 e. The molecule has 0 aromatic heterocycles. The summed E-state index contributed by atoms with van der Waals surface area (Å²) < 4.78 is 0. The van der Waals surface area contributed by atoms with E-state index in [1.165, 1.54) is 0 Å². The highest BCUT2D eigenvalue weighted by molar-refractivity contribution is 6.03. The molecule has 0 aliphatic heterocycles. The third kappa shape index (κ3) is 4.16. The molecule has 3 aromatic carbocycles. The van der Waals surface area contributed by atoms with Crippen LogP contribution in [0.15, 0.2) is 48.5 Å². The lowest BCUT2D eigenvalue weighted by molar-refractivity contribution is -0.126. The van der Waals surface area contributed by atoms with Crippen molar-refractivity contribution in [1.82, 2.24) is 0 Å². The number of rotatable bonds is 4. The minimum Gasteiger partial charge on any atom is -0.299 e. The standard InChI is InChI=1S/C26H30O2/c1-25(2,3)23(27)15-19-11-7-9-17-14-22-18(13-21(17)19)10-8-12-20(22)16-24(28)26(4,5)6/h7-14H,15-16H2,1-6H3. The Bertz CT molecular complexity index is 972. The number of benzene rings is 3. The van der Waals surface area contributed by atoms with Gasteiger partial charge in [0.15, 0.2) is 0 Å². The van der Waals surface area contributed by atoms with Crippen LogP contribution in [0.5, 0.6) is 0 Å². The van der Waals surface area contributed by atoms with Crippen LogP contribution in [0.4, 0.5) is 0 Å². The molecule has 0 bridgehead atoms. The molecule has 146 valence electrons. The Morgan fingerprint density at radius 3 is 1.32 bits per heavy atom. The van der Waals surface area contributed by atoms with Gasteiger partial charge in [-0.2, -0.15) is 0 Å². The number of hydrogen-bond acceptors (Lipinski definition) is 2. The number of carbonyl (C=O) groups excluding carboxylic acids is 2. The zero-order valence-electron chi connectivity index (χ0n) is 17.8. The number of Topliss-reactive ketones (excluding diaryl/α,β-unsaturated/α-hetero) is 2. The van der Waals surface area contributed by atoms with E-state index in [1.807, 2.05) is 65.8 Å². The van der Waals surface area contributed by atoms with Crippen LogP contribution in [-0.4, -0.2) is 11.6 Å². The largest absolute Gasteiger partial charge is 0.299 e. The van der Waals surface area contributed by atoms with Crippen molar-refractivity contribution in [3.8, 4) is 0 Å². The molecule has 3 rings (SSSR count). The summed E-state index contributed by atoms with van der Waals surface area (Å²) in [5, 5.41) is 4.46. The third-order valence-electron chi connectivity index (χ3n) is 5.44. The van der Waals surface area contributed by atoms with Crippen LogP contribution in [0.2, 0.25) is 0 Å². The average molecular weight is 375 g/mol. The molecule has 28 heavy (non-hydrogen) atoms. The normalized spacial score (nSPS) is 12.5. The summed E-state index contributed by atoms with van der Waals surface area (Å²) in [4.78, 5) is 25.1. The number of fused-ring (bicyclic) bond motifs is 2. The summed E-state index contributed by atoms with van der Waals surface area (Å²) in [6.07, 6.45) is 0.878. The lowest BCUT2D eigenvalue weighted by atomic mass is 9.84. The van der Waals surface area contributed by atoms with Crippen LogP contribution in [0.3, 0.4) is 0 Å². The fourth-order valence-corrected chi connectivity index (χ4v) is 3.37. The van der Waals surface area contributed by atoms with E-state index in [-0.39, 0.29) is 22.4 Å². The van der Waals surface area contributed by atoms with Gasteiger partial charge in [-0.15, -0.1) is 0 Å². The third-order valence-corrected chi connectivity index (χ3v) is 5.44. The first kappa shape index (κ1) is 20.3. The molecule has 0 saturated heterocycles. The Hall–Kier alpha value is -2.48. The predicted molar refractivity (Wildman–Crippen MR) is 118 cm³/mol. The molecular formula is C26H30O2.